The highest BCUT2D eigenvalue weighted by atomic mass is 14.9. The van der Waals surface area contributed by atoms with Crippen LogP contribution in [0.4, 0.5) is 0 Å². The molecule has 80 valence electrons. The van der Waals surface area contributed by atoms with Crippen molar-refractivity contribution in [1.29, 1.82) is 0 Å². The minimum absolute atomic E-state index is 0.786. The first-order valence-corrected chi connectivity index (χ1v) is 6.58. The Hall–Kier alpha value is -0.0400. The maximum Gasteiger partial charge on any atom is 0.00414 e. The van der Waals surface area contributed by atoms with Gasteiger partial charge >= 0.3 is 0 Å². The van der Waals surface area contributed by atoms with E-state index in [1.165, 1.54) is 19.4 Å². The standard InChI is InChI=1S/C13H23N/c1-9-8-12(6-7-14-9)13(10-2-3-10)11-4-5-11/h9-14H,2-8H2,1H3. The molecule has 1 nitrogen and oxygen atoms in total. The summed E-state index contributed by atoms with van der Waals surface area (Å²) >= 11 is 0. The second-order valence-corrected chi connectivity index (χ2v) is 5.89. The van der Waals surface area contributed by atoms with Crippen LogP contribution in [0.1, 0.15) is 45.4 Å². The van der Waals surface area contributed by atoms with Gasteiger partial charge in [-0.05, 0) is 75.7 Å². The molecule has 14 heavy (non-hydrogen) atoms. The molecule has 0 spiro atoms. The zero-order chi connectivity index (χ0) is 9.54. The quantitative estimate of drug-likeness (QED) is 0.727. The first-order valence-electron chi connectivity index (χ1n) is 6.58. The molecule has 0 aromatic carbocycles. The summed E-state index contributed by atoms with van der Waals surface area (Å²) < 4.78 is 0. The van der Waals surface area contributed by atoms with E-state index in [0.717, 1.165) is 29.7 Å². The number of piperidine rings is 1. The lowest BCUT2D eigenvalue weighted by molar-refractivity contribution is 0.185. The minimum atomic E-state index is 0.786. The molecule has 1 saturated heterocycles. The largest absolute Gasteiger partial charge is 0.314 e. The van der Waals surface area contributed by atoms with Crippen molar-refractivity contribution >= 4 is 0 Å². The fourth-order valence-electron chi connectivity index (χ4n) is 3.64. The van der Waals surface area contributed by atoms with Crippen LogP contribution in [-0.2, 0) is 0 Å². The highest BCUT2D eigenvalue weighted by molar-refractivity contribution is 4.96. The van der Waals surface area contributed by atoms with E-state index in [1.54, 1.807) is 25.7 Å². The molecule has 2 atom stereocenters. The predicted octanol–water partition coefficient (Wildman–Crippen LogP) is 2.81. The Kier molecular flexibility index (Phi) is 2.31. The Labute approximate surface area is 87.7 Å². The average Bonchev–Trinajstić information content (AvgIpc) is 2.98. The molecule has 1 N–H and O–H groups in total. The van der Waals surface area contributed by atoms with E-state index < -0.39 is 0 Å². The highest BCUT2D eigenvalue weighted by Gasteiger charge is 2.45. The Morgan fingerprint density at radius 3 is 2.07 bits per heavy atom. The molecule has 2 unspecified atom stereocenters. The van der Waals surface area contributed by atoms with Crippen molar-refractivity contribution < 1.29 is 0 Å². The second kappa shape index (κ2) is 3.52. The smallest absolute Gasteiger partial charge is 0.00414 e. The van der Waals surface area contributed by atoms with Gasteiger partial charge in [0.05, 0.1) is 0 Å². The van der Waals surface area contributed by atoms with E-state index in [0.29, 0.717) is 0 Å². The number of hydrogen-bond acceptors (Lipinski definition) is 1. The summed E-state index contributed by atoms with van der Waals surface area (Å²) in [5.74, 6) is 4.52. The molecule has 1 heterocycles. The second-order valence-electron chi connectivity index (χ2n) is 5.89. The van der Waals surface area contributed by atoms with Gasteiger partial charge in [0.15, 0.2) is 0 Å². The molecule has 2 saturated carbocycles. The summed E-state index contributed by atoms with van der Waals surface area (Å²) in [6.45, 7) is 3.64. The van der Waals surface area contributed by atoms with Crippen molar-refractivity contribution in [2.45, 2.75) is 51.5 Å². The summed E-state index contributed by atoms with van der Waals surface area (Å²) in [6, 6.07) is 0.786. The van der Waals surface area contributed by atoms with Crippen LogP contribution in [0.5, 0.6) is 0 Å². The molecular formula is C13H23N. The molecule has 2 aliphatic carbocycles. The van der Waals surface area contributed by atoms with Crippen molar-refractivity contribution in [2.24, 2.45) is 23.7 Å². The summed E-state index contributed by atoms with van der Waals surface area (Å²) in [5, 5.41) is 3.59. The zero-order valence-electron chi connectivity index (χ0n) is 9.34. The molecule has 0 aromatic rings. The van der Waals surface area contributed by atoms with E-state index in [2.05, 4.69) is 12.2 Å². The molecule has 1 aliphatic heterocycles. The van der Waals surface area contributed by atoms with Gasteiger partial charge in [-0.1, -0.05) is 0 Å². The van der Waals surface area contributed by atoms with Crippen LogP contribution in [-0.4, -0.2) is 12.6 Å². The first-order chi connectivity index (χ1) is 6.84. The van der Waals surface area contributed by atoms with Crippen LogP contribution in [0.3, 0.4) is 0 Å². The molecule has 0 radical (unpaired) electrons. The fourth-order valence-corrected chi connectivity index (χ4v) is 3.64. The van der Waals surface area contributed by atoms with Gasteiger partial charge in [0.1, 0.15) is 0 Å². The van der Waals surface area contributed by atoms with Gasteiger partial charge in [-0.2, -0.15) is 0 Å². The van der Waals surface area contributed by atoms with E-state index >= 15 is 0 Å². The number of nitrogens with one attached hydrogen (secondary N) is 1. The summed E-state index contributed by atoms with van der Waals surface area (Å²) in [6.07, 6.45) is 9.14. The van der Waals surface area contributed by atoms with Gasteiger partial charge in [0.2, 0.25) is 0 Å². The molecule has 0 amide bonds. The fraction of sp³-hybridized carbons (Fsp3) is 1.00. The van der Waals surface area contributed by atoms with Crippen LogP contribution < -0.4 is 5.32 Å². The maximum atomic E-state index is 3.59. The Bertz CT molecular complexity index is 193. The summed E-state index contributed by atoms with van der Waals surface area (Å²) in [7, 11) is 0. The third kappa shape index (κ3) is 1.84. The van der Waals surface area contributed by atoms with Crippen LogP contribution in [0.25, 0.3) is 0 Å². The molecule has 3 fully saturated rings. The molecular weight excluding hydrogens is 170 g/mol. The van der Waals surface area contributed by atoms with Crippen LogP contribution in [0, 0.1) is 23.7 Å². The van der Waals surface area contributed by atoms with E-state index in [-0.39, 0.29) is 0 Å². The summed E-state index contributed by atoms with van der Waals surface area (Å²) in [4.78, 5) is 0. The van der Waals surface area contributed by atoms with Crippen molar-refractivity contribution in [3.63, 3.8) is 0 Å². The van der Waals surface area contributed by atoms with Crippen molar-refractivity contribution in [2.75, 3.05) is 6.54 Å². The van der Waals surface area contributed by atoms with Crippen LogP contribution >= 0.6 is 0 Å². The SMILES string of the molecule is CC1CC(C(C2CC2)C2CC2)CCN1. The van der Waals surface area contributed by atoms with Gasteiger partial charge in [-0.25, -0.2) is 0 Å². The zero-order valence-corrected chi connectivity index (χ0v) is 9.34. The molecule has 3 aliphatic rings. The van der Waals surface area contributed by atoms with Crippen LogP contribution in [0.15, 0.2) is 0 Å². The summed E-state index contributed by atoms with van der Waals surface area (Å²) in [5.41, 5.74) is 0. The van der Waals surface area contributed by atoms with Crippen molar-refractivity contribution in [3.8, 4) is 0 Å². The predicted molar refractivity (Wildman–Crippen MR) is 59.1 cm³/mol. The maximum absolute atomic E-state index is 3.59. The highest BCUT2D eigenvalue weighted by Crippen LogP contribution is 2.54. The Balaban J connectivity index is 1.64. The lowest BCUT2D eigenvalue weighted by Crippen LogP contribution is -2.39. The van der Waals surface area contributed by atoms with Gasteiger partial charge in [0.25, 0.3) is 0 Å². The Morgan fingerprint density at radius 2 is 1.57 bits per heavy atom. The first kappa shape index (κ1) is 9.21. The normalized spacial score (nSPS) is 39.0. The average molecular weight is 193 g/mol. The van der Waals surface area contributed by atoms with Gasteiger partial charge in [0, 0.05) is 6.04 Å². The van der Waals surface area contributed by atoms with Crippen molar-refractivity contribution in [1.82, 2.24) is 5.32 Å². The van der Waals surface area contributed by atoms with E-state index in [4.69, 9.17) is 0 Å². The molecule has 0 bridgehead atoms. The number of rotatable bonds is 3. The molecule has 1 heteroatoms. The number of hydrogen-bond donors (Lipinski definition) is 1. The third-order valence-corrected chi connectivity index (χ3v) is 4.54. The van der Waals surface area contributed by atoms with Crippen LogP contribution in [0.2, 0.25) is 0 Å². The van der Waals surface area contributed by atoms with E-state index in [9.17, 15) is 0 Å². The van der Waals surface area contributed by atoms with Gasteiger partial charge in [-0.3, -0.25) is 0 Å². The lowest BCUT2D eigenvalue weighted by Gasteiger charge is -2.34. The van der Waals surface area contributed by atoms with Gasteiger partial charge in [-0.15, -0.1) is 0 Å². The monoisotopic (exact) mass is 193 g/mol. The molecule has 0 aromatic heterocycles. The minimum Gasteiger partial charge on any atom is -0.314 e. The molecule has 3 rings (SSSR count). The van der Waals surface area contributed by atoms with E-state index in [1.807, 2.05) is 0 Å². The van der Waals surface area contributed by atoms with Gasteiger partial charge < -0.3 is 5.32 Å². The Morgan fingerprint density at radius 1 is 0.929 bits per heavy atom. The topological polar surface area (TPSA) is 12.0 Å². The third-order valence-electron chi connectivity index (χ3n) is 4.54. The van der Waals surface area contributed by atoms with Crippen molar-refractivity contribution in [3.05, 3.63) is 0 Å². The lowest BCUT2D eigenvalue weighted by atomic mass is 9.77.